The van der Waals surface area contributed by atoms with E-state index in [0.29, 0.717) is 18.9 Å². The lowest BCUT2D eigenvalue weighted by molar-refractivity contribution is -0.121. The van der Waals surface area contributed by atoms with Crippen LogP contribution in [-0.2, 0) is 24.9 Å². The van der Waals surface area contributed by atoms with Crippen LogP contribution < -0.4 is 5.32 Å². The van der Waals surface area contributed by atoms with Gasteiger partial charge in [-0.15, -0.1) is 0 Å². The van der Waals surface area contributed by atoms with E-state index in [-0.39, 0.29) is 5.91 Å². The van der Waals surface area contributed by atoms with Crippen LogP contribution in [0.5, 0.6) is 0 Å². The van der Waals surface area contributed by atoms with Gasteiger partial charge in [0.25, 0.3) is 0 Å². The van der Waals surface area contributed by atoms with Crippen LogP contribution >= 0.6 is 0 Å². The zero-order valence-electron chi connectivity index (χ0n) is 18.0. The van der Waals surface area contributed by atoms with Crippen LogP contribution in [0, 0.1) is 38.0 Å². The quantitative estimate of drug-likeness (QED) is 0.780. The third kappa shape index (κ3) is 5.27. The number of nitriles is 1. The molecule has 1 amide bonds. The number of aromatic nitrogens is 3. The zero-order chi connectivity index (χ0) is 21.0. The van der Waals surface area contributed by atoms with Gasteiger partial charge in [0.05, 0.1) is 5.69 Å². The number of hydrogen-bond acceptors (Lipinski definition) is 4. The minimum absolute atomic E-state index is 0.101. The van der Waals surface area contributed by atoms with Gasteiger partial charge in [0.15, 0.2) is 0 Å². The first-order valence-corrected chi connectivity index (χ1v) is 10.4. The standard InChI is InChI=1S/C22H32N6O/c1-16-11-17(2)28(25-16)10-7-22(29)24-14-19-5-8-27(9-6-19)15-20-12-21(13-23)26(4)18(20)3/h11-12,19H,5-10,14-15H2,1-4H3,(H,24,29). The Morgan fingerprint density at radius 2 is 2.00 bits per heavy atom. The summed E-state index contributed by atoms with van der Waals surface area (Å²) in [7, 11) is 1.95. The molecular formula is C22H32N6O. The van der Waals surface area contributed by atoms with Crippen molar-refractivity contribution in [1.82, 2.24) is 24.6 Å². The molecule has 0 unspecified atom stereocenters. The maximum atomic E-state index is 12.2. The predicted octanol–water partition coefficient (Wildman–Crippen LogP) is 2.44. The Kier molecular flexibility index (Phi) is 6.75. The second-order valence-corrected chi connectivity index (χ2v) is 8.23. The molecular weight excluding hydrogens is 364 g/mol. The zero-order valence-corrected chi connectivity index (χ0v) is 18.0. The molecule has 1 fully saturated rings. The van der Waals surface area contributed by atoms with Crippen LogP contribution in [0.3, 0.4) is 0 Å². The highest BCUT2D eigenvalue weighted by Gasteiger charge is 2.21. The maximum Gasteiger partial charge on any atom is 0.221 e. The van der Waals surface area contributed by atoms with E-state index < -0.39 is 0 Å². The fourth-order valence-electron chi connectivity index (χ4n) is 4.07. The Balaban J connectivity index is 1.38. The third-order valence-corrected chi connectivity index (χ3v) is 6.10. The summed E-state index contributed by atoms with van der Waals surface area (Å²) in [6, 6.07) is 6.29. The number of amides is 1. The molecule has 1 aliphatic heterocycles. The van der Waals surface area contributed by atoms with Gasteiger partial charge < -0.3 is 9.88 Å². The number of aryl methyl sites for hydroxylation is 3. The van der Waals surface area contributed by atoms with Crippen molar-refractivity contribution in [3.8, 4) is 6.07 Å². The molecule has 1 N–H and O–H groups in total. The highest BCUT2D eigenvalue weighted by molar-refractivity contribution is 5.75. The van der Waals surface area contributed by atoms with Gasteiger partial charge in [-0.2, -0.15) is 10.4 Å². The summed E-state index contributed by atoms with van der Waals surface area (Å²) in [6.45, 7) is 10.4. The number of carbonyl (C=O) groups excluding carboxylic acids is 1. The molecule has 0 saturated carbocycles. The number of carbonyl (C=O) groups is 1. The first kappa shape index (κ1) is 21.1. The van der Waals surface area contributed by atoms with E-state index in [4.69, 9.17) is 0 Å². The molecule has 7 nitrogen and oxygen atoms in total. The average Bonchev–Trinajstić information content (AvgIpc) is 3.17. The highest BCUT2D eigenvalue weighted by Crippen LogP contribution is 2.21. The molecule has 0 atom stereocenters. The van der Waals surface area contributed by atoms with Crippen molar-refractivity contribution in [3.63, 3.8) is 0 Å². The molecule has 0 aromatic carbocycles. The third-order valence-electron chi connectivity index (χ3n) is 6.10. The number of nitrogens with one attached hydrogen (secondary N) is 1. The van der Waals surface area contributed by atoms with Gasteiger partial charge >= 0.3 is 0 Å². The van der Waals surface area contributed by atoms with Crippen LogP contribution in [0.4, 0.5) is 0 Å². The minimum Gasteiger partial charge on any atom is -0.356 e. The molecule has 2 aromatic rings. The Bertz CT molecular complexity index is 895. The van der Waals surface area contributed by atoms with E-state index in [0.717, 1.165) is 56.1 Å². The van der Waals surface area contributed by atoms with Gasteiger partial charge in [-0.25, -0.2) is 0 Å². The van der Waals surface area contributed by atoms with Gasteiger partial charge in [0, 0.05) is 44.5 Å². The van der Waals surface area contributed by atoms with Gasteiger partial charge in [-0.05, 0) is 70.3 Å². The normalized spacial score (nSPS) is 15.4. The Labute approximate surface area is 173 Å². The van der Waals surface area contributed by atoms with Crippen molar-refractivity contribution in [2.75, 3.05) is 19.6 Å². The topological polar surface area (TPSA) is 78.9 Å². The number of piperidine rings is 1. The van der Waals surface area contributed by atoms with Crippen molar-refractivity contribution in [2.24, 2.45) is 13.0 Å². The van der Waals surface area contributed by atoms with Crippen LogP contribution in [-0.4, -0.2) is 44.8 Å². The predicted molar refractivity (Wildman–Crippen MR) is 112 cm³/mol. The molecule has 7 heteroatoms. The summed E-state index contributed by atoms with van der Waals surface area (Å²) in [4.78, 5) is 14.6. The summed E-state index contributed by atoms with van der Waals surface area (Å²) in [5, 5.41) is 16.7. The molecule has 0 radical (unpaired) electrons. The van der Waals surface area contributed by atoms with Crippen molar-refractivity contribution in [2.45, 2.75) is 53.1 Å². The molecule has 3 heterocycles. The van der Waals surface area contributed by atoms with Gasteiger partial charge in [-0.3, -0.25) is 14.4 Å². The smallest absolute Gasteiger partial charge is 0.221 e. The van der Waals surface area contributed by atoms with E-state index in [2.05, 4.69) is 28.3 Å². The van der Waals surface area contributed by atoms with Crippen molar-refractivity contribution in [3.05, 3.63) is 40.5 Å². The van der Waals surface area contributed by atoms with Crippen LogP contribution in [0.2, 0.25) is 0 Å². The molecule has 3 rings (SSSR count). The Morgan fingerprint density at radius 3 is 2.59 bits per heavy atom. The van der Waals surface area contributed by atoms with E-state index in [1.165, 1.54) is 11.3 Å². The van der Waals surface area contributed by atoms with E-state index in [1.54, 1.807) is 0 Å². The number of rotatable bonds is 7. The molecule has 29 heavy (non-hydrogen) atoms. The largest absolute Gasteiger partial charge is 0.356 e. The van der Waals surface area contributed by atoms with Crippen molar-refractivity contribution in [1.29, 1.82) is 5.26 Å². The second-order valence-electron chi connectivity index (χ2n) is 8.23. The summed E-state index contributed by atoms with van der Waals surface area (Å²) >= 11 is 0. The Morgan fingerprint density at radius 1 is 1.28 bits per heavy atom. The van der Waals surface area contributed by atoms with Gasteiger partial charge in [0.1, 0.15) is 11.8 Å². The Hall–Kier alpha value is -2.59. The number of nitrogens with zero attached hydrogens (tertiary/aromatic N) is 5. The molecule has 0 spiro atoms. The maximum absolute atomic E-state index is 12.2. The van der Waals surface area contributed by atoms with Crippen LogP contribution in [0.25, 0.3) is 0 Å². The van der Waals surface area contributed by atoms with Crippen molar-refractivity contribution >= 4 is 5.91 Å². The average molecular weight is 397 g/mol. The van der Waals surface area contributed by atoms with Crippen molar-refractivity contribution < 1.29 is 4.79 Å². The van der Waals surface area contributed by atoms with Gasteiger partial charge in [0.2, 0.25) is 5.91 Å². The number of likely N-dealkylation sites (tertiary alicyclic amines) is 1. The highest BCUT2D eigenvalue weighted by atomic mass is 16.1. The molecule has 2 aromatic heterocycles. The molecule has 1 aliphatic rings. The van der Waals surface area contributed by atoms with E-state index in [1.807, 2.05) is 42.3 Å². The SMILES string of the molecule is Cc1cc(C)n(CCC(=O)NCC2CCN(Cc3cc(C#N)n(C)c3C)CC2)n1. The monoisotopic (exact) mass is 396 g/mol. The minimum atomic E-state index is 0.101. The first-order valence-electron chi connectivity index (χ1n) is 10.4. The second kappa shape index (κ2) is 9.27. The molecule has 156 valence electrons. The molecule has 0 bridgehead atoms. The molecule has 0 aliphatic carbocycles. The number of hydrogen-bond donors (Lipinski definition) is 1. The van der Waals surface area contributed by atoms with E-state index in [9.17, 15) is 10.1 Å². The summed E-state index contributed by atoms with van der Waals surface area (Å²) in [5.41, 5.74) is 5.21. The molecule has 1 saturated heterocycles. The fourth-order valence-corrected chi connectivity index (χ4v) is 4.07. The lowest BCUT2D eigenvalue weighted by Gasteiger charge is -2.32. The lowest BCUT2D eigenvalue weighted by Crippen LogP contribution is -2.38. The fraction of sp³-hybridized carbons (Fsp3) is 0.591. The van der Waals surface area contributed by atoms with Crippen LogP contribution in [0.15, 0.2) is 12.1 Å². The summed E-state index contributed by atoms with van der Waals surface area (Å²) in [6.07, 6.45) is 2.65. The summed E-state index contributed by atoms with van der Waals surface area (Å²) in [5.74, 6) is 0.638. The first-order chi connectivity index (χ1) is 13.9. The summed E-state index contributed by atoms with van der Waals surface area (Å²) < 4.78 is 3.86. The van der Waals surface area contributed by atoms with Gasteiger partial charge in [-0.1, -0.05) is 0 Å². The lowest BCUT2D eigenvalue weighted by atomic mass is 9.96. The van der Waals surface area contributed by atoms with E-state index >= 15 is 0 Å². The van der Waals surface area contributed by atoms with Crippen LogP contribution in [0.1, 0.15) is 47.6 Å².